The molecule has 0 heterocycles. The Hall–Kier alpha value is -1.12. The summed E-state index contributed by atoms with van der Waals surface area (Å²) in [6.45, 7) is 6.00. The number of carbonyl (C=O) groups is 2. The lowest BCUT2D eigenvalue weighted by molar-refractivity contribution is -0.139. The van der Waals surface area contributed by atoms with E-state index in [1.807, 2.05) is 27.8 Å². The van der Waals surface area contributed by atoms with Crippen molar-refractivity contribution >= 4 is 12.2 Å². The minimum Gasteiger partial charge on any atom is -0.343 e. The largest absolute Gasteiger partial charge is 0.343 e. The van der Waals surface area contributed by atoms with Gasteiger partial charge in [0.1, 0.15) is 6.29 Å². The van der Waals surface area contributed by atoms with Crippen molar-refractivity contribution in [3.05, 3.63) is 11.6 Å². The molecule has 1 aliphatic carbocycles. The zero-order chi connectivity index (χ0) is 12.3. The molecule has 0 aromatic heterocycles. The summed E-state index contributed by atoms with van der Waals surface area (Å²) in [5.41, 5.74) is 1.22. The first-order chi connectivity index (χ1) is 7.47. The Labute approximate surface area is 97.5 Å². The maximum Gasteiger partial charge on any atom is 0.226 e. The van der Waals surface area contributed by atoms with Crippen LogP contribution in [-0.2, 0) is 9.59 Å². The van der Waals surface area contributed by atoms with Gasteiger partial charge in [-0.3, -0.25) is 4.79 Å². The molecule has 0 N–H and O–H groups in total. The number of amides is 1. The maximum absolute atomic E-state index is 12.2. The Morgan fingerprint density at radius 1 is 1.56 bits per heavy atom. The molecule has 3 nitrogen and oxygen atoms in total. The van der Waals surface area contributed by atoms with Crippen molar-refractivity contribution in [2.75, 3.05) is 7.05 Å². The van der Waals surface area contributed by atoms with Crippen LogP contribution >= 0.6 is 0 Å². The van der Waals surface area contributed by atoms with Gasteiger partial charge in [-0.1, -0.05) is 11.6 Å². The molecule has 90 valence electrons. The summed E-state index contributed by atoms with van der Waals surface area (Å²) in [5.74, 6) is -0.202. The fraction of sp³-hybridized carbons (Fsp3) is 0.692. The monoisotopic (exact) mass is 223 g/mol. The van der Waals surface area contributed by atoms with E-state index in [1.165, 1.54) is 5.57 Å². The number of aldehydes is 1. The minimum absolute atomic E-state index is 0.0968. The lowest BCUT2D eigenvalue weighted by atomic mass is 9.80. The summed E-state index contributed by atoms with van der Waals surface area (Å²) < 4.78 is 0. The molecule has 1 aliphatic rings. The molecule has 0 aromatic carbocycles. The Morgan fingerprint density at radius 2 is 2.19 bits per heavy atom. The SMILES string of the molecule is CC1=CCC(C=O)C(C(=O)N(C)C(C)C)C1. The molecule has 1 rings (SSSR count). The number of hydrogen-bond acceptors (Lipinski definition) is 2. The average Bonchev–Trinajstić information content (AvgIpc) is 2.26. The van der Waals surface area contributed by atoms with Gasteiger partial charge in [0.25, 0.3) is 0 Å². The average molecular weight is 223 g/mol. The molecule has 0 saturated heterocycles. The lowest BCUT2D eigenvalue weighted by Crippen LogP contribution is -2.41. The van der Waals surface area contributed by atoms with E-state index in [0.29, 0.717) is 6.42 Å². The van der Waals surface area contributed by atoms with E-state index in [0.717, 1.165) is 12.7 Å². The first-order valence-corrected chi connectivity index (χ1v) is 5.85. The van der Waals surface area contributed by atoms with Gasteiger partial charge in [0.05, 0.1) is 5.92 Å². The van der Waals surface area contributed by atoms with Gasteiger partial charge in [0.15, 0.2) is 0 Å². The zero-order valence-corrected chi connectivity index (χ0v) is 10.6. The first-order valence-electron chi connectivity index (χ1n) is 5.85. The van der Waals surface area contributed by atoms with Crippen molar-refractivity contribution in [1.29, 1.82) is 0 Å². The van der Waals surface area contributed by atoms with Crippen LogP contribution in [0.3, 0.4) is 0 Å². The van der Waals surface area contributed by atoms with Crippen molar-refractivity contribution in [3.8, 4) is 0 Å². The molecule has 0 bridgehead atoms. The summed E-state index contributed by atoms with van der Waals surface area (Å²) in [5, 5.41) is 0. The fourth-order valence-electron chi connectivity index (χ4n) is 2.02. The molecule has 0 spiro atoms. The van der Waals surface area contributed by atoms with E-state index in [-0.39, 0.29) is 23.8 Å². The molecule has 2 unspecified atom stereocenters. The third-order valence-electron chi connectivity index (χ3n) is 3.41. The van der Waals surface area contributed by atoms with E-state index in [4.69, 9.17) is 0 Å². The van der Waals surface area contributed by atoms with E-state index in [2.05, 4.69) is 6.08 Å². The van der Waals surface area contributed by atoms with Crippen molar-refractivity contribution in [2.24, 2.45) is 11.8 Å². The topological polar surface area (TPSA) is 37.4 Å². The van der Waals surface area contributed by atoms with Gasteiger partial charge in [0.2, 0.25) is 5.91 Å². The Morgan fingerprint density at radius 3 is 2.69 bits per heavy atom. The second kappa shape index (κ2) is 5.28. The molecule has 0 saturated carbocycles. The first kappa shape index (κ1) is 12.9. The predicted molar refractivity (Wildman–Crippen MR) is 63.9 cm³/mol. The maximum atomic E-state index is 12.2. The summed E-state index contributed by atoms with van der Waals surface area (Å²) in [6, 6.07) is 0.186. The Kier molecular flexibility index (Phi) is 4.27. The van der Waals surface area contributed by atoms with Crippen LogP contribution in [0.1, 0.15) is 33.6 Å². The van der Waals surface area contributed by atoms with Crippen molar-refractivity contribution < 1.29 is 9.59 Å². The molecule has 16 heavy (non-hydrogen) atoms. The highest BCUT2D eigenvalue weighted by atomic mass is 16.2. The van der Waals surface area contributed by atoms with Crippen molar-refractivity contribution in [2.45, 2.75) is 39.7 Å². The summed E-state index contributed by atoms with van der Waals surface area (Å²) in [6.07, 6.45) is 4.43. The van der Waals surface area contributed by atoms with Crippen molar-refractivity contribution in [3.63, 3.8) is 0 Å². The van der Waals surface area contributed by atoms with E-state index >= 15 is 0 Å². The second-order valence-corrected chi connectivity index (χ2v) is 4.94. The van der Waals surface area contributed by atoms with Gasteiger partial charge in [0, 0.05) is 19.0 Å². The summed E-state index contributed by atoms with van der Waals surface area (Å²) in [4.78, 5) is 24.9. The van der Waals surface area contributed by atoms with Gasteiger partial charge >= 0.3 is 0 Å². The number of hydrogen-bond donors (Lipinski definition) is 0. The molecule has 2 atom stereocenters. The number of allylic oxidation sites excluding steroid dienone is 2. The van der Waals surface area contributed by atoms with Crippen molar-refractivity contribution in [1.82, 2.24) is 4.90 Å². The normalized spacial score (nSPS) is 25.2. The molecular formula is C13H21NO2. The van der Waals surface area contributed by atoms with E-state index in [1.54, 1.807) is 4.90 Å². The second-order valence-electron chi connectivity index (χ2n) is 4.94. The highest BCUT2D eigenvalue weighted by Crippen LogP contribution is 2.29. The predicted octanol–water partition coefficient (Wildman–Crippen LogP) is 2.02. The van der Waals surface area contributed by atoms with Gasteiger partial charge in [-0.2, -0.15) is 0 Å². The lowest BCUT2D eigenvalue weighted by Gasteiger charge is -2.31. The molecule has 0 aliphatic heterocycles. The van der Waals surface area contributed by atoms with Gasteiger partial charge in [-0.15, -0.1) is 0 Å². The van der Waals surface area contributed by atoms with Gasteiger partial charge < -0.3 is 9.69 Å². The molecular weight excluding hydrogens is 202 g/mol. The molecule has 0 aromatic rings. The van der Waals surface area contributed by atoms with Crippen LogP contribution in [0, 0.1) is 11.8 Å². The van der Waals surface area contributed by atoms with Crippen LogP contribution < -0.4 is 0 Å². The highest BCUT2D eigenvalue weighted by Gasteiger charge is 2.32. The Balaban J connectivity index is 2.81. The fourth-order valence-corrected chi connectivity index (χ4v) is 2.02. The summed E-state index contributed by atoms with van der Waals surface area (Å²) >= 11 is 0. The van der Waals surface area contributed by atoms with Crippen LogP contribution in [-0.4, -0.2) is 30.2 Å². The summed E-state index contributed by atoms with van der Waals surface area (Å²) in [7, 11) is 1.81. The molecule has 0 radical (unpaired) electrons. The zero-order valence-electron chi connectivity index (χ0n) is 10.6. The minimum atomic E-state index is -0.158. The number of rotatable bonds is 3. The van der Waals surface area contributed by atoms with Crippen LogP contribution in [0.5, 0.6) is 0 Å². The van der Waals surface area contributed by atoms with Crippen LogP contribution in [0.4, 0.5) is 0 Å². The van der Waals surface area contributed by atoms with E-state index < -0.39 is 0 Å². The van der Waals surface area contributed by atoms with Crippen LogP contribution in [0.15, 0.2) is 11.6 Å². The third kappa shape index (κ3) is 2.71. The molecule has 3 heteroatoms. The van der Waals surface area contributed by atoms with E-state index in [9.17, 15) is 9.59 Å². The van der Waals surface area contributed by atoms with Gasteiger partial charge in [-0.05, 0) is 33.6 Å². The molecule has 0 fully saturated rings. The smallest absolute Gasteiger partial charge is 0.226 e. The Bertz CT molecular complexity index is 307. The molecule has 1 amide bonds. The standard InChI is InChI=1S/C13H21NO2/c1-9(2)14(4)13(16)12-7-10(3)5-6-11(12)8-15/h5,8-9,11-12H,6-7H2,1-4H3. The number of carbonyl (C=O) groups excluding carboxylic acids is 2. The highest BCUT2D eigenvalue weighted by molar-refractivity contribution is 5.82. The van der Waals surface area contributed by atoms with Gasteiger partial charge in [-0.25, -0.2) is 0 Å². The number of nitrogens with zero attached hydrogens (tertiary/aromatic N) is 1. The van der Waals surface area contributed by atoms with Crippen LogP contribution in [0.25, 0.3) is 0 Å². The third-order valence-corrected chi connectivity index (χ3v) is 3.41. The van der Waals surface area contributed by atoms with Crippen LogP contribution in [0.2, 0.25) is 0 Å². The quantitative estimate of drug-likeness (QED) is 0.542.